The fraction of sp³-hybridized carbons (Fsp3) is 0.393. The van der Waals surface area contributed by atoms with Crippen LogP contribution in [-0.2, 0) is 29.0 Å². The third-order valence-electron chi connectivity index (χ3n) is 6.67. The molecule has 1 saturated heterocycles. The number of halogens is 1. The van der Waals surface area contributed by atoms with E-state index in [1.807, 2.05) is 18.2 Å². The number of fused-ring (bicyclic) bond motifs is 1. The lowest BCUT2D eigenvalue weighted by Crippen LogP contribution is -2.27. The van der Waals surface area contributed by atoms with E-state index in [-0.39, 0.29) is 44.7 Å². The number of carbonyl (C=O) groups excluding carboxylic acids is 1. The maximum atomic E-state index is 12.8. The van der Waals surface area contributed by atoms with Crippen LogP contribution in [-0.4, -0.2) is 54.2 Å². The van der Waals surface area contributed by atoms with E-state index in [0.29, 0.717) is 23.0 Å². The quantitative estimate of drug-likeness (QED) is 0.405. The number of hydrogen-bond donors (Lipinski definition) is 1. The molecule has 3 heterocycles. The normalized spacial score (nSPS) is 15.1. The number of aromatic nitrogens is 2. The predicted molar refractivity (Wildman–Crippen MR) is 147 cm³/mol. The molecule has 196 valence electrons. The van der Waals surface area contributed by atoms with E-state index in [1.54, 1.807) is 12.0 Å². The van der Waals surface area contributed by atoms with Gasteiger partial charge in [0.15, 0.2) is 0 Å². The maximum Gasteiger partial charge on any atom is 0.320 e. The molecule has 5 rings (SSSR count). The molecule has 0 spiro atoms. The molecular weight excluding hydrogens is 490 g/mol. The van der Waals surface area contributed by atoms with Gasteiger partial charge in [-0.05, 0) is 54.3 Å². The van der Waals surface area contributed by atoms with Crippen molar-refractivity contribution in [3.8, 4) is 17.1 Å². The summed E-state index contributed by atoms with van der Waals surface area (Å²) in [6, 6.07) is 14.7. The molecule has 0 aliphatic carbocycles. The molecule has 0 bridgehead atoms. The minimum atomic E-state index is -0.103. The van der Waals surface area contributed by atoms with Crippen molar-refractivity contribution in [2.24, 2.45) is 0 Å². The van der Waals surface area contributed by atoms with Crippen LogP contribution in [0.3, 0.4) is 0 Å². The molecule has 1 amide bonds. The Labute approximate surface area is 223 Å². The number of nitrogen functional groups attached to an aromatic ring is 1. The summed E-state index contributed by atoms with van der Waals surface area (Å²) >= 11 is 6.68. The largest absolute Gasteiger partial charge is 0.461 e. The Bertz CT molecular complexity index is 1250. The Morgan fingerprint density at radius 3 is 2.43 bits per heavy atom. The van der Waals surface area contributed by atoms with Gasteiger partial charge in [0.25, 0.3) is 0 Å². The van der Waals surface area contributed by atoms with Crippen LogP contribution in [0, 0.1) is 0 Å². The average Bonchev–Trinajstić information content (AvgIpc) is 3.49. The highest BCUT2D eigenvalue weighted by Gasteiger charge is 2.32. The minimum Gasteiger partial charge on any atom is -0.461 e. The number of anilines is 2. The first-order valence-electron chi connectivity index (χ1n) is 12.2. The third kappa shape index (κ3) is 6.04. The maximum absolute atomic E-state index is 12.8. The molecule has 0 unspecified atom stereocenters. The van der Waals surface area contributed by atoms with Gasteiger partial charge in [0, 0.05) is 24.2 Å². The van der Waals surface area contributed by atoms with Gasteiger partial charge in [-0.3, -0.25) is 14.6 Å². The molecule has 2 aliphatic heterocycles. The molecule has 0 radical (unpaired) electrons. The molecule has 0 atom stereocenters. The molecular formula is C28H34ClN5O3. The Balaban J connectivity index is 0.00000320. The Morgan fingerprint density at radius 2 is 1.73 bits per heavy atom. The van der Waals surface area contributed by atoms with Crippen molar-refractivity contribution in [1.82, 2.24) is 14.9 Å². The second-order valence-corrected chi connectivity index (χ2v) is 9.59. The predicted octanol–water partition coefficient (Wildman–Crippen LogP) is 4.73. The number of hydrogen-bond acceptors (Lipinski definition) is 7. The number of nitrogens with zero attached hydrogens (tertiary/aromatic N) is 4. The topological polar surface area (TPSA) is 93.8 Å². The zero-order valence-electron chi connectivity index (χ0n) is 20.4. The smallest absolute Gasteiger partial charge is 0.320 e. The van der Waals surface area contributed by atoms with Crippen molar-refractivity contribution in [3.05, 3.63) is 64.2 Å². The fourth-order valence-corrected chi connectivity index (χ4v) is 4.94. The summed E-state index contributed by atoms with van der Waals surface area (Å²) in [6.07, 6.45) is 2.74. The van der Waals surface area contributed by atoms with Gasteiger partial charge in [0.1, 0.15) is 18.2 Å². The van der Waals surface area contributed by atoms with E-state index in [1.165, 1.54) is 31.5 Å². The summed E-state index contributed by atoms with van der Waals surface area (Å²) in [4.78, 5) is 25.5. The first-order valence-corrected chi connectivity index (χ1v) is 12.6. The van der Waals surface area contributed by atoms with Crippen LogP contribution in [0.1, 0.15) is 37.0 Å². The number of nitrogens with two attached hydrogens (primary N) is 1. The van der Waals surface area contributed by atoms with E-state index in [0.717, 1.165) is 23.2 Å². The number of carbonyl (C=O) groups is 1. The van der Waals surface area contributed by atoms with E-state index >= 15 is 0 Å². The lowest BCUT2D eigenvalue weighted by Gasteiger charge is -2.18. The van der Waals surface area contributed by atoms with Gasteiger partial charge in [-0.2, -0.15) is 9.97 Å². The van der Waals surface area contributed by atoms with Crippen LogP contribution >= 0.6 is 11.6 Å². The summed E-state index contributed by atoms with van der Waals surface area (Å²) in [6.45, 7) is 4.33. The lowest BCUT2D eigenvalue weighted by molar-refractivity contribution is -0.117. The number of amides is 1. The second-order valence-electron chi connectivity index (χ2n) is 9.18. The second kappa shape index (κ2) is 11.9. The first kappa shape index (κ1) is 26.9. The van der Waals surface area contributed by atoms with Crippen LogP contribution in [0.15, 0.2) is 42.5 Å². The molecule has 0 saturated carbocycles. The van der Waals surface area contributed by atoms with Crippen LogP contribution in [0.25, 0.3) is 11.1 Å². The van der Waals surface area contributed by atoms with E-state index in [4.69, 9.17) is 26.8 Å². The highest BCUT2D eigenvalue weighted by molar-refractivity contribution is 6.31. The zero-order chi connectivity index (χ0) is 25.1. The van der Waals surface area contributed by atoms with Crippen LogP contribution in [0.2, 0.25) is 5.02 Å². The summed E-state index contributed by atoms with van der Waals surface area (Å²) in [7, 11) is 1.58. The van der Waals surface area contributed by atoms with E-state index in [9.17, 15) is 4.79 Å². The Hall–Kier alpha value is -3.20. The Kier molecular flexibility index (Phi) is 8.63. The minimum absolute atomic E-state index is 0. The van der Waals surface area contributed by atoms with Gasteiger partial charge in [-0.1, -0.05) is 55.4 Å². The highest BCUT2D eigenvalue weighted by atomic mass is 35.5. The zero-order valence-corrected chi connectivity index (χ0v) is 21.1. The molecule has 9 heteroatoms. The van der Waals surface area contributed by atoms with Gasteiger partial charge in [-0.15, -0.1) is 0 Å². The first-order chi connectivity index (χ1) is 17.5. The average molecular weight is 524 g/mol. The van der Waals surface area contributed by atoms with Gasteiger partial charge in [-0.25, -0.2) is 0 Å². The number of likely N-dealkylation sites (tertiary alicyclic amines) is 1. The SMILES string of the molecule is C.COCCOc1nc(N)c2c(n1)N(Cc1ccc(-c3ccc(CN4CCCC4)cc3)cc1Cl)C(=O)C2. The van der Waals surface area contributed by atoms with Crippen molar-refractivity contribution in [2.75, 3.05) is 44.0 Å². The molecule has 2 aromatic carbocycles. The van der Waals surface area contributed by atoms with Crippen molar-refractivity contribution < 1.29 is 14.3 Å². The molecule has 37 heavy (non-hydrogen) atoms. The van der Waals surface area contributed by atoms with Crippen LogP contribution in [0.5, 0.6) is 6.01 Å². The third-order valence-corrected chi connectivity index (χ3v) is 7.03. The number of benzene rings is 2. The number of ether oxygens (including phenoxy) is 2. The van der Waals surface area contributed by atoms with E-state index in [2.05, 4.69) is 39.1 Å². The van der Waals surface area contributed by atoms with Gasteiger partial charge in [0.05, 0.1) is 19.6 Å². The van der Waals surface area contributed by atoms with Gasteiger partial charge >= 0.3 is 6.01 Å². The molecule has 8 nitrogen and oxygen atoms in total. The van der Waals surface area contributed by atoms with Crippen molar-refractivity contribution in [2.45, 2.75) is 39.8 Å². The highest BCUT2D eigenvalue weighted by Crippen LogP contribution is 2.35. The van der Waals surface area contributed by atoms with E-state index < -0.39 is 0 Å². The summed E-state index contributed by atoms with van der Waals surface area (Å²) in [5.74, 6) is 0.611. The van der Waals surface area contributed by atoms with Crippen LogP contribution < -0.4 is 15.4 Å². The molecule has 1 fully saturated rings. The molecule has 1 aromatic heterocycles. The lowest BCUT2D eigenvalue weighted by atomic mass is 10.0. The molecule has 3 aromatic rings. The summed E-state index contributed by atoms with van der Waals surface area (Å²) < 4.78 is 10.5. The van der Waals surface area contributed by atoms with Crippen LogP contribution in [0.4, 0.5) is 11.6 Å². The molecule has 2 aliphatic rings. The number of rotatable bonds is 9. The fourth-order valence-electron chi connectivity index (χ4n) is 4.70. The van der Waals surface area contributed by atoms with Crippen molar-refractivity contribution in [3.63, 3.8) is 0 Å². The van der Waals surface area contributed by atoms with Crippen molar-refractivity contribution in [1.29, 1.82) is 0 Å². The standard InChI is InChI=1S/C27H30ClN5O3.CH4/c1-35-12-13-36-27-30-25(29)22-15-24(34)33(26(22)31-27)17-21-9-8-20(14-23(21)28)19-6-4-18(5-7-19)16-32-10-2-3-11-32;/h4-9,14H,2-3,10-13,15-17H2,1H3,(H2,29,30,31);1H4. The van der Waals surface area contributed by atoms with Gasteiger partial charge < -0.3 is 15.2 Å². The number of methoxy groups -OCH3 is 1. The Morgan fingerprint density at radius 1 is 1.00 bits per heavy atom. The summed E-state index contributed by atoms with van der Waals surface area (Å²) in [5, 5.41) is 0.591. The van der Waals surface area contributed by atoms with Gasteiger partial charge in [0.2, 0.25) is 5.91 Å². The van der Waals surface area contributed by atoms with Crippen molar-refractivity contribution >= 4 is 29.1 Å². The monoisotopic (exact) mass is 523 g/mol. The molecule has 2 N–H and O–H groups in total. The summed E-state index contributed by atoms with van der Waals surface area (Å²) in [5.41, 5.74) is 11.0.